The van der Waals surface area contributed by atoms with Crippen molar-refractivity contribution in [1.29, 1.82) is 0 Å². The lowest BCUT2D eigenvalue weighted by molar-refractivity contribution is -0.117. The third-order valence-corrected chi connectivity index (χ3v) is 5.11. The zero-order valence-electron chi connectivity index (χ0n) is 17.1. The van der Waals surface area contributed by atoms with Gasteiger partial charge in [0.1, 0.15) is 5.82 Å². The zero-order chi connectivity index (χ0) is 21.1. The number of carbonyl (C=O) groups is 2. The van der Waals surface area contributed by atoms with Crippen LogP contribution in [-0.2, 0) is 11.3 Å². The van der Waals surface area contributed by atoms with Crippen LogP contribution in [0.5, 0.6) is 0 Å². The largest absolute Gasteiger partial charge is 0.378 e. The molecular formula is C23H25N5O2. The van der Waals surface area contributed by atoms with E-state index in [9.17, 15) is 9.59 Å². The van der Waals surface area contributed by atoms with Crippen LogP contribution >= 0.6 is 0 Å². The van der Waals surface area contributed by atoms with Crippen LogP contribution in [0.3, 0.4) is 0 Å². The van der Waals surface area contributed by atoms with Crippen molar-refractivity contribution in [2.45, 2.75) is 19.4 Å². The second-order valence-electron chi connectivity index (χ2n) is 7.73. The lowest BCUT2D eigenvalue weighted by Crippen LogP contribution is -2.17. The molecule has 2 amide bonds. The number of rotatable bonds is 7. The summed E-state index contributed by atoms with van der Waals surface area (Å²) in [5.41, 5.74) is 3.44. The van der Waals surface area contributed by atoms with Gasteiger partial charge in [-0.25, -0.2) is 4.68 Å². The van der Waals surface area contributed by atoms with E-state index in [1.807, 2.05) is 19.0 Å². The number of benzene rings is 2. The molecule has 7 heteroatoms. The summed E-state index contributed by atoms with van der Waals surface area (Å²) in [6, 6.07) is 16.9. The quantitative estimate of drug-likeness (QED) is 0.632. The molecule has 1 heterocycles. The minimum atomic E-state index is -0.222. The van der Waals surface area contributed by atoms with Crippen molar-refractivity contribution in [2.24, 2.45) is 5.92 Å². The van der Waals surface area contributed by atoms with E-state index in [0.717, 1.165) is 24.1 Å². The third-order valence-electron chi connectivity index (χ3n) is 5.11. The molecule has 154 valence electrons. The van der Waals surface area contributed by atoms with Crippen molar-refractivity contribution in [3.05, 3.63) is 71.9 Å². The minimum absolute atomic E-state index is 0.0507. The van der Waals surface area contributed by atoms with Gasteiger partial charge in [-0.3, -0.25) is 9.59 Å². The number of aromatic nitrogens is 2. The Labute approximate surface area is 175 Å². The van der Waals surface area contributed by atoms with Gasteiger partial charge in [0, 0.05) is 43.0 Å². The smallest absolute Gasteiger partial charge is 0.256 e. The van der Waals surface area contributed by atoms with Gasteiger partial charge in [-0.2, -0.15) is 5.10 Å². The second kappa shape index (κ2) is 8.41. The second-order valence-corrected chi connectivity index (χ2v) is 7.73. The molecule has 4 rings (SSSR count). The Balaban J connectivity index is 1.39. The van der Waals surface area contributed by atoms with Crippen LogP contribution in [0.2, 0.25) is 0 Å². The standard InChI is InChI=1S/C23H25N5O2/c1-27(2)20-11-3-16(4-12-20)15-28-21(13-14-24-28)26-23(30)18-7-9-19(10-8-18)25-22(29)17-5-6-17/h3-4,7-14,17H,5-6,15H2,1-2H3,(H,25,29)(H,26,30). The summed E-state index contributed by atoms with van der Waals surface area (Å²) in [5.74, 6) is 0.602. The minimum Gasteiger partial charge on any atom is -0.378 e. The average Bonchev–Trinajstić information content (AvgIpc) is 3.51. The Morgan fingerprint density at radius 1 is 1.00 bits per heavy atom. The summed E-state index contributed by atoms with van der Waals surface area (Å²) in [4.78, 5) is 26.5. The molecule has 0 atom stereocenters. The topological polar surface area (TPSA) is 79.3 Å². The first-order chi connectivity index (χ1) is 14.5. The summed E-state index contributed by atoms with van der Waals surface area (Å²) in [5, 5.41) is 10.1. The molecule has 1 aliphatic carbocycles. The Hall–Kier alpha value is -3.61. The van der Waals surface area contributed by atoms with Crippen LogP contribution in [0.15, 0.2) is 60.8 Å². The molecule has 1 aromatic heterocycles. The van der Waals surface area contributed by atoms with Crippen LogP contribution in [0, 0.1) is 5.92 Å². The molecule has 2 N–H and O–H groups in total. The highest BCUT2D eigenvalue weighted by Gasteiger charge is 2.29. The SMILES string of the molecule is CN(C)c1ccc(Cn2nccc2NC(=O)c2ccc(NC(=O)C3CC3)cc2)cc1. The maximum absolute atomic E-state index is 12.6. The molecule has 1 aliphatic rings. The van der Waals surface area contributed by atoms with Gasteiger partial charge in [0.2, 0.25) is 5.91 Å². The maximum atomic E-state index is 12.6. The molecule has 0 spiro atoms. The molecule has 0 saturated heterocycles. The number of nitrogens with zero attached hydrogens (tertiary/aromatic N) is 3. The van der Waals surface area contributed by atoms with Gasteiger partial charge < -0.3 is 15.5 Å². The van der Waals surface area contributed by atoms with Gasteiger partial charge in [0.15, 0.2) is 0 Å². The van der Waals surface area contributed by atoms with E-state index >= 15 is 0 Å². The highest BCUT2D eigenvalue weighted by Crippen LogP contribution is 2.30. The van der Waals surface area contributed by atoms with Gasteiger partial charge in [0.05, 0.1) is 12.7 Å². The summed E-state index contributed by atoms with van der Waals surface area (Å²) in [6.45, 7) is 0.558. The Kier molecular flexibility index (Phi) is 5.52. The first kappa shape index (κ1) is 19.7. The van der Waals surface area contributed by atoms with Crippen LogP contribution in [0.4, 0.5) is 17.2 Å². The van der Waals surface area contributed by atoms with Crippen molar-refractivity contribution in [3.8, 4) is 0 Å². The maximum Gasteiger partial charge on any atom is 0.256 e. The Bertz CT molecular complexity index is 1030. The average molecular weight is 403 g/mol. The number of amides is 2. The van der Waals surface area contributed by atoms with Gasteiger partial charge in [0.25, 0.3) is 5.91 Å². The fourth-order valence-corrected chi connectivity index (χ4v) is 3.12. The van der Waals surface area contributed by atoms with Crippen LogP contribution < -0.4 is 15.5 Å². The Morgan fingerprint density at radius 2 is 1.70 bits per heavy atom. The first-order valence-electron chi connectivity index (χ1n) is 10.00. The van der Waals surface area contributed by atoms with Gasteiger partial charge in [-0.15, -0.1) is 0 Å². The zero-order valence-corrected chi connectivity index (χ0v) is 17.1. The molecule has 7 nitrogen and oxygen atoms in total. The number of hydrogen-bond donors (Lipinski definition) is 2. The van der Waals surface area contributed by atoms with Crippen molar-refractivity contribution in [3.63, 3.8) is 0 Å². The number of nitrogens with one attached hydrogen (secondary N) is 2. The molecule has 0 radical (unpaired) electrons. The Morgan fingerprint density at radius 3 is 2.33 bits per heavy atom. The van der Waals surface area contributed by atoms with E-state index in [1.165, 1.54) is 0 Å². The van der Waals surface area contributed by atoms with E-state index in [-0.39, 0.29) is 17.7 Å². The van der Waals surface area contributed by atoms with Crippen molar-refractivity contribution >= 4 is 29.0 Å². The summed E-state index contributed by atoms with van der Waals surface area (Å²) >= 11 is 0. The molecule has 1 saturated carbocycles. The monoisotopic (exact) mass is 403 g/mol. The highest BCUT2D eigenvalue weighted by molar-refractivity contribution is 6.04. The summed E-state index contributed by atoms with van der Waals surface area (Å²) < 4.78 is 1.76. The number of hydrogen-bond acceptors (Lipinski definition) is 4. The lowest BCUT2D eigenvalue weighted by Gasteiger charge is -2.13. The lowest BCUT2D eigenvalue weighted by atomic mass is 10.2. The van der Waals surface area contributed by atoms with E-state index in [2.05, 4.69) is 40.0 Å². The molecule has 0 bridgehead atoms. The van der Waals surface area contributed by atoms with Crippen LogP contribution in [0.25, 0.3) is 0 Å². The van der Waals surface area contributed by atoms with Crippen molar-refractivity contribution in [1.82, 2.24) is 9.78 Å². The van der Waals surface area contributed by atoms with Crippen molar-refractivity contribution < 1.29 is 9.59 Å². The molecule has 3 aromatic rings. The fraction of sp³-hybridized carbons (Fsp3) is 0.261. The van der Waals surface area contributed by atoms with Crippen LogP contribution in [0.1, 0.15) is 28.8 Å². The molecule has 1 fully saturated rings. The normalized spacial score (nSPS) is 13.0. The molecule has 0 aliphatic heterocycles. The molecular weight excluding hydrogens is 378 g/mol. The highest BCUT2D eigenvalue weighted by atomic mass is 16.2. The number of carbonyl (C=O) groups excluding carboxylic acids is 2. The van der Waals surface area contributed by atoms with Gasteiger partial charge >= 0.3 is 0 Å². The predicted octanol–water partition coefficient (Wildman–Crippen LogP) is 3.60. The van der Waals surface area contributed by atoms with Crippen LogP contribution in [-0.4, -0.2) is 35.7 Å². The van der Waals surface area contributed by atoms with Gasteiger partial charge in [-0.05, 0) is 54.8 Å². The van der Waals surface area contributed by atoms with E-state index in [4.69, 9.17) is 0 Å². The molecule has 2 aromatic carbocycles. The third kappa shape index (κ3) is 4.68. The molecule has 30 heavy (non-hydrogen) atoms. The van der Waals surface area contributed by atoms with Crippen molar-refractivity contribution in [2.75, 3.05) is 29.6 Å². The summed E-state index contributed by atoms with van der Waals surface area (Å²) in [7, 11) is 4.01. The predicted molar refractivity (Wildman–Crippen MR) is 118 cm³/mol. The number of anilines is 3. The first-order valence-corrected chi connectivity index (χ1v) is 10.00. The van der Waals surface area contributed by atoms with E-state index < -0.39 is 0 Å². The van der Waals surface area contributed by atoms with Gasteiger partial charge in [-0.1, -0.05) is 12.1 Å². The fourth-order valence-electron chi connectivity index (χ4n) is 3.12. The molecule has 0 unspecified atom stereocenters. The van der Waals surface area contributed by atoms with E-state index in [0.29, 0.717) is 23.6 Å². The summed E-state index contributed by atoms with van der Waals surface area (Å²) in [6.07, 6.45) is 3.58. The van der Waals surface area contributed by atoms with E-state index in [1.54, 1.807) is 41.2 Å².